The van der Waals surface area contributed by atoms with Crippen molar-refractivity contribution >= 4 is 11.8 Å². The van der Waals surface area contributed by atoms with Gasteiger partial charge in [-0.2, -0.15) is 0 Å². The lowest BCUT2D eigenvalue weighted by Crippen LogP contribution is -2.32. The van der Waals surface area contributed by atoms with Gasteiger partial charge in [0.15, 0.2) is 0 Å². The van der Waals surface area contributed by atoms with Crippen LogP contribution in [-0.4, -0.2) is 18.9 Å². The normalized spacial score (nSPS) is 11.4. The molecule has 0 fully saturated rings. The summed E-state index contributed by atoms with van der Waals surface area (Å²) in [5.41, 5.74) is 1.81. The summed E-state index contributed by atoms with van der Waals surface area (Å²) in [6.07, 6.45) is 0.179. The highest BCUT2D eigenvalue weighted by atomic mass is 16.5. The lowest BCUT2D eigenvalue weighted by molar-refractivity contribution is -0.122. The molecule has 2 rings (SSSR count). The largest absolute Gasteiger partial charge is 0.496 e. The second kappa shape index (κ2) is 8.72. The predicted molar refractivity (Wildman–Crippen MR) is 92.5 cm³/mol. The molecular formula is C19H22N2O3. The van der Waals surface area contributed by atoms with Gasteiger partial charge in [0.2, 0.25) is 11.8 Å². The molecule has 2 aromatic rings. The maximum absolute atomic E-state index is 12.3. The molecule has 0 saturated heterocycles. The first-order valence-corrected chi connectivity index (χ1v) is 7.80. The summed E-state index contributed by atoms with van der Waals surface area (Å²) in [6, 6.07) is 16.7. The van der Waals surface area contributed by atoms with Crippen molar-refractivity contribution in [1.82, 2.24) is 10.6 Å². The first kappa shape index (κ1) is 17.5. The smallest absolute Gasteiger partial charge is 0.222 e. The molecule has 0 saturated carbocycles. The number of methoxy groups -OCH3 is 1. The molecular weight excluding hydrogens is 304 g/mol. The Bertz CT molecular complexity index is 686. The van der Waals surface area contributed by atoms with E-state index in [2.05, 4.69) is 10.6 Å². The zero-order valence-electron chi connectivity index (χ0n) is 13.9. The van der Waals surface area contributed by atoms with Crippen molar-refractivity contribution in [2.75, 3.05) is 7.11 Å². The van der Waals surface area contributed by atoms with Gasteiger partial charge in [0, 0.05) is 19.0 Å². The lowest BCUT2D eigenvalue weighted by atomic mass is 10.0. The van der Waals surface area contributed by atoms with E-state index in [-0.39, 0.29) is 24.3 Å². The topological polar surface area (TPSA) is 67.4 Å². The molecule has 0 aliphatic carbocycles. The van der Waals surface area contributed by atoms with Crippen molar-refractivity contribution in [2.45, 2.75) is 25.9 Å². The Balaban J connectivity index is 1.99. The van der Waals surface area contributed by atoms with Crippen molar-refractivity contribution in [3.63, 3.8) is 0 Å². The Hall–Kier alpha value is -2.82. The first-order chi connectivity index (χ1) is 11.6. The summed E-state index contributed by atoms with van der Waals surface area (Å²) in [5.74, 6) is 0.434. The molecule has 2 amide bonds. The van der Waals surface area contributed by atoms with Crippen molar-refractivity contribution in [2.24, 2.45) is 0 Å². The van der Waals surface area contributed by atoms with Gasteiger partial charge in [-0.05, 0) is 11.6 Å². The number of ether oxygens (including phenoxy) is 1. The standard InChI is InChI=1S/C19H22N2O3/c1-14(22)21-17(15-8-4-3-5-9-15)12-19(23)20-13-16-10-6-7-11-18(16)24-2/h3-11,17H,12-13H2,1-2H3,(H,20,23)(H,21,22)/t17-/m0/s1. The second-order valence-electron chi connectivity index (χ2n) is 5.46. The molecule has 5 heteroatoms. The van der Waals surface area contributed by atoms with Gasteiger partial charge in [-0.1, -0.05) is 48.5 Å². The van der Waals surface area contributed by atoms with Gasteiger partial charge < -0.3 is 15.4 Å². The first-order valence-electron chi connectivity index (χ1n) is 7.80. The highest BCUT2D eigenvalue weighted by Gasteiger charge is 2.17. The summed E-state index contributed by atoms with van der Waals surface area (Å²) < 4.78 is 5.27. The zero-order valence-corrected chi connectivity index (χ0v) is 13.9. The minimum absolute atomic E-state index is 0.136. The Kier molecular flexibility index (Phi) is 6.37. The van der Waals surface area contributed by atoms with E-state index in [9.17, 15) is 9.59 Å². The number of amides is 2. The van der Waals surface area contributed by atoms with Gasteiger partial charge in [-0.15, -0.1) is 0 Å². The third-order valence-electron chi connectivity index (χ3n) is 3.64. The van der Waals surface area contributed by atoms with Crippen LogP contribution in [0.5, 0.6) is 5.75 Å². The lowest BCUT2D eigenvalue weighted by Gasteiger charge is -2.18. The maximum atomic E-state index is 12.3. The maximum Gasteiger partial charge on any atom is 0.222 e. The fraction of sp³-hybridized carbons (Fsp3) is 0.263. The van der Waals surface area contributed by atoms with E-state index in [0.717, 1.165) is 16.9 Å². The monoisotopic (exact) mass is 326 g/mol. The number of carbonyl (C=O) groups is 2. The van der Waals surface area contributed by atoms with Gasteiger partial charge in [0.25, 0.3) is 0 Å². The summed E-state index contributed by atoms with van der Waals surface area (Å²) in [6.45, 7) is 1.83. The van der Waals surface area contributed by atoms with Crippen LogP contribution in [0.4, 0.5) is 0 Å². The van der Waals surface area contributed by atoms with Gasteiger partial charge in [0.05, 0.1) is 19.6 Å². The summed E-state index contributed by atoms with van der Waals surface area (Å²) >= 11 is 0. The molecule has 0 unspecified atom stereocenters. The van der Waals surface area contributed by atoms with Crippen molar-refractivity contribution in [1.29, 1.82) is 0 Å². The minimum Gasteiger partial charge on any atom is -0.496 e. The zero-order chi connectivity index (χ0) is 17.4. The van der Waals surface area contributed by atoms with Crippen LogP contribution in [0.15, 0.2) is 54.6 Å². The Morgan fingerprint density at radius 1 is 1.04 bits per heavy atom. The molecule has 0 radical (unpaired) electrons. The third-order valence-corrected chi connectivity index (χ3v) is 3.64. The van der Waals surface area contributed by atoms with E-state index in [4.69, 9.17) is 4.74 Å². The molecule has 0 heterocycles. The molecule has 1 atom stereocenters. The van der Waals surface area contributed by atoms with Gasteiger partial charge in [-0.25, -0.2) is 0 Å². The number of hydrogen-bond acceptors (Lipinski definition) is 3. The molecule has 0 aliphatic rings. The molecule has 5 nitrogen and oxygen atoms in total. The molecule has 126 valence electrons. The average Bonchev–Trinajstić information content (AvgIpc) is 2.60. The Labute approximate surface area is 142 Å². The predicted octanol–water partition coefficient (Wildman–Crippen LogP) is 2.58. The van der Waals surface area contributed by atoms with E-state index < -0.39 is 0 Å². The number of hydrogen-bond donors (Lipinski definition) is 2. The third kappa shape index (κ3) is 5.12. The van der Waals surface area contributed by atoms with Gasteiger partial charge in [0.1, 0.15) is 5.75 Å². The Morgan fingerprint density at radius 3 is 2.38 bits per heavy atom. The van der Waals surface area contributed by atoms with Crippen LogP contribution < -0.4 is 15.4 Å². The quantitative estimate of drug-likeness (QED) is 0.822. The molecule has 0 aromatic heterocycles. The van der Waals surface area contributed by atoms with Crippen LogP contribution in [0, 0.1) is 0 Å². The van der Waals surface area contributed by atoms with Gasteiger partial charge >= 0.3 is 0 Å². The van der Waals surface area contributed by atoms with Crippen LogP contribution in [0.3, 0.4) is 0 Å². The SMILES string of the molecule is COc1ccccc1CNC(=O)C[C@H](NC(C)=O)c1ccccc1. The summed E-state index contributed by atoms with van der Waals surface area (Å²) in [4.78, 5) is 23.7. The van der Waals surface area contributed by atoms with Crippen molar-refractivity contribution in [3.05, 3.63) is 65.7 Å². The van der Waals surface area contributed by atoms with Crippen LogP contribution in [0.25, 0.3) is 0 Å². The van der Waals surface area contributed by atoms with E-state index >= 15 is 0 Å². The van der Waals surface area contributed by atoms with E-state index in [0.29, 0.717) is 6.54 Å². The van der Waals surface area contributed by atoms with E-state index in [1.54, 1.807) is 7.11 Å². The number of nitrogens with one attached hydrogen (secondary N) is 2. The van der Waals surface area contributed by atoms with Crippen LogP contribution in [0.1, 0.15) is 30.5 Å². The fourth-order valence-electron chi connectivity index (χ4n) is 2.48. The highest BCUT2D eigenvalue weighted by Crippen LogP contribution is 2.18. The van der Waals surface area contributed by atoms with Crippen LogP contribution in [-0.2, 0) is 16.1 Å². The number of para-hydroxylation sites is 1. The van der Waals surface area contributed by atoms with Crippen molar-refractivity contribution in [3.8, 4) is 5.75 Å². The molecule has 2 aromatic carbocycles. The second-order valence-corrected chi connectivity index (χ2v) is 5.46. The van der Waals surface area contributed by atoms with Crippen LogP contribution >= 0.6 is 0 Å². The fourth-order valence-corrected chi connectivity index (χ4v) is 2.48. The number of benzene rings is 2. The highest BCUT2D eigenvalue weighted by molar-refractivity contribution is 5.79. The van der Waals surface area contributed by atoms with Crippen LogP contribution in [0.2, 0.25) is 0 Å². The molecule has 0 bridgehead atoms. The molecule has 0 aliphatic heterocycles. The molecule has 24 heavy (non-hydrogen) atoms. The van der Waals surface area contributed by atoms with E-state index in [1.807, 2.05) is 54.6 Å². The summed E-state index contributed by atoms with van der Waals surface area (Å²) in [5, 5.41) is 5.70. The number of rotatable bonds is 7. The Morgan fingerprint density at radius 2 is 1.71 bits per heavy atom. The average molecular weight is 326 g/mol. The summed E-state index contributed by atoms with van der Waals surface area (Å²) in [7, 11) is 1.60. The van der Waals surface area contributed by atoms with E-state index in [1.165, 1.54) is 6.92 Å². The molecule has 2 N–H and O–H groups in total. The van der Waals surface area contributed by atoms with Crippen molar-refractivity contribution < 1.29 is 14.3 Å². The molecule has 0 spiro atoms. The number of carbonyl (C=O) groups excluding carboxylic acids is 2. The minimum atomic E-state index is -0.346. The van der Waals surface area contributed by atoms with Gasteiger partial charge in [-0.3, -0.25) is 9.59 Å².